The molecule has 0 radical (unpaired) electrons. The minimum absolute atomic E-state index is 0.0256. The number of rotatable bonds is 7. The first-order valence-corrected chi connectivity index (χ1v) is 10.9. The molecule has 1 aromatic heterocycles. The van der Waals surface area contributed by atoms with Gasteiger partial charge in [0.15, 0.2) is 0 Å². The summed E-state index contributed by atoms with van der Waals surface area (Å²) < 4.78 is 16.0. The maximum atomic E-state index is 11.7. The van der Waals surface area contributed by atoms with Gasteiger partial charge in [-0.25, -0.2) is 9.78 Å². The van der Waals surface area contributed by atoms with Crippen LogP contribution in [0.15, 0.2) is 48.7 Å². The summed E-state index contributed by atoms with van der Waals surface area (Å²) in [7, 11) is 1.24. The number of carbonyl (C=O) groups is 1. The van der Waals surface area contributed by atoms with E-state index in [2.05, 4.69) is 9.72 Å². The number of anilines is 1. The van der Waals surface area contributed by atoms with Gasteiger partial charge < -0.3 is 25.1 Å². The molecule has 0 saturated carbocycles. The van der Waals surface area contributed by atoms with Gasteiger partial charge >= 0.3 is 5.97 Å². The fourth-order valence-corrected chi connectivity index (χ4v) is 3.12. The summed E-state index contributed by atoms with van der Waals surface area (Å²) in [6.45, 7) is 8.00. The van der Waals surface area contributed by atoms with Crippen molar-refractivity contribution in [2.45, 2.75) is 40.4 Å². The van der Waals surface area contributed by atoms with Crippen LogP contribution in [0.25, 0.3) is 11.1 Å². The number of aromatic hydroxyl groups is 1. The molecule has 0 bridgehead atoms. The van der Waals surface area contributed by atoms with Crippen molar-refractivity contribution < 1.29 is 24.1 Å². The number of hydrogen-bond acceptors (Lipinski definition) is 7. The van der Waals surface area contributed by atoms with E-state index in [1.165, 1.54) is 19.2 Å². The Morgan fingerprint density at radius 3 is 2.48 bits per heavy atom. The Morgan fingerprint density at radius 1 is 1.12 bits per heavy atom. The summed E-state index contributed by atoms with van der Waals surface area (Å²) in [4.78, 5) is 16.0. The van der Waals surface area contributed by atoms with Crippen LogP contribution >= 0.6 is 11.6 Å². The Bertz CT molecular complexity index is 1100. The van der Waals surface area contributed by atoms with E-state index < -0.39 is 5.97 Å². The molecule has 0 amide bonds. The quantitative estimate of drug-likeness (QED) is 0.327. The Balaban J connectivity index is 0.00000187. The molecule has 3 rings (SSSR count). The summed E-state index contributed by atoms with van der Waals surface area (Å²) in [6, 6.07) is 11.6. The maximum absolute atomic E-state index is 11.7. The zero-order valence-corrected chi connectivity index (χ0v) is 20.1. The summed E-state index contributed by atoms with van der Waals surface area (Å²) >= 11 is 6.31. The van der Waals surface area contributed by atoms with Gasteiger partial charge in [-0.2, -0.15) is 0 Å². The van der Waals surface area contributed by atoms with Crippen LogP contribution in [-0.2, 0) is 11.3 Å². The van der Waals surface area contributed by atoms with E-state index in [0.717, 1.165) is 16.7 Å². The molecule has 1 heterocycles. The second kappa shape index (κ2) is 12.0. The standard InChI is InChI=1S/C23H23ClN2O5.C2H6/c1-13(2)31-22-20(24)9-16(11-26-22)15-6-14(7-17(25)8-15)12-30-18-4-5-21(27)19(10-18)23(28)29-3;1-2/h4-11,13,27H,12,25H2,1-3H3;1-2H3. The van der Waals surface area contributed by atoms with Crippen LogP contribution in [0, 0.1) is 0 Å². The minimum atomic E-state index is -0.650. The molecule has 176 valence electrons. The van der Waals surface area contributed by atoms with Gasteiger partial charge in [0.2, 0.25) is 5.88 Å². The van der Waals surface area contributed by atoms with Gasteiger partial charge in [0.1, 0.15) is 28.7 Å². The average Bonchev–Trinajstić information content (AvgIpc) is 2.80. The zero-order valence-electron chi connectivity index (χ0n) is 19.4. The first-order chi connectivity index (χ1) is 15.8. The summed E-state index contributed by atoms with van der Waals surface area (Å²) in [5.74, 6) is -0.0492. The highest BCUT2D eigenvalue weighted by Gasteiger charge is 2.13. The molecule has 0 unspecified atom stereocenters. The molecular formula is C25H29ClN2O5. The fraction of sp³-hybridized carbons (Fsp3) is 0.280. The van der Waals surface area contributed by atoms with E-state index in [0.29, 0.717) is 22.3 Å². The molecule has 0 fully saturated rings. The number of carbonyl (C=O) groups excluding carboxylic acids is 1. The molecule has 0 atom stereocenters. The number of hydrogen-bond donors (Lipinski definition) is 2. The molecule has 33 heavy (non-hydrogen) atoms. The number of phenolic OH excluding ortho intramolecular Hbond substituents is 1. The van der Waals surface area contributed by atoms with Gasteiger partial charge in [-0.3, -0.25) is 0 Å². The third-order valence-electron chi connectivity index (χ3n) is 4.28. The lowest BCUT2D eigenvalue weighted by Crippen LogP contribution is -2.07. The highest BCUT2D eigenvalue weighted by molar-refractivity contribution is 6.32. The molecule has 0 saturated heterocycles. The molecule has 3 N–H and O–H groups in total. The Hall–Kier alpha value is -3.45. The van der Waals surface area contributed by atoms with E-state index in [1.807, 2.05) is 39.8 Å². The lowest BCUT2D eigenvalue weighted by molar-refractivity contribution is 0.0597. The van der Waals surface area contributed by atoms with Crippen molar-refractivity contribution in [3.63, 3.8) is 0 Å². The van der Waals surface area contributed by atoms with Crippen LogP contribution in [0.3, 0.4) is 0 Å². The Kier molecular flexibility index (Phi) is 9.36. The molecule has 3 aromatic rings. The van der Waals surface area contributed by atoms with Crippen LogP contribution in [-0.4, -0.2) is 29.3 Å². The van der Waals surface area contributed by atoms with Crippen molar-refractivity contribution in [3.05, 3.63) is 64.8 Å². The van der Waals surface area contributed by atoms with E-state index in [4.69, 9.17) is 26.8 Å². The third-order valence-corrected chi connectivity index (χ3v) is 4.55. The van der Waals surface area contributed by atoms with E-state index >= 15 is 0 Å². The second-order valence-electron chi connectivity index (χ2n) is 7.10. The maximum Gasteiger partial charge on any atom is 0.341 e. The first kappa shape index (κ1) is 25.8. The fourth-order valence-electron chi connectivity index (χ4n) is 2.91. The van der Waals surface area contributed by atoms with Gasteiger partial charge in [0.05, 0.1) is 13.2 Å². The number of nitrogen functional groups attached to an aromatic ring is 1. The molecule has 0 spiro atoms. The number of aromatic nitrogens is 1. The van der Waals surface area contributed by atoms with Crippen LogP contribution in [0.4, 0.5) is 5.69 Å². The van der Waals surface area contributed by atoms with Crippen molar-refractivity contribution in [1.82, 2.24) is 4.98 Å². The number of phenols is 1. The number of esters is 1. The van der Waals surface area contributed by atoms with Crippen LogP contribution < -0.4 is 15.2 Å². The number of benzene rings is 2. The Morgan fingerprint density at radius 2 is 1.85 bits per heavy atom. The molecule has 0 aliphatic heterocycles. The van der Waals surface area contributed by atoms with Gasteiger partial charge in [0.25, 0.3) is 0 Å². The number of methoxy groups -OCH3 is 1. The number of nitrogens with two attached hydrogens (primary N) is 1. The highest BCUT2D eigenvalue weighted by atomic mass is 35.5. The molecule has 2 aromatic carbocycles. The van der Waals surface area contributed by atoms with Crippen molar-refractivity contribution in [3.8, 4) is 28.5 Å². The van der Waals surface area contributed by atoms with E-state index in [-0.39, 0.29) is 24.0 Å². The van der Waals surface area contributed by atoms with Crippen LogP contribution in [0.2, 0.25) is 5.02 Å². The highest BCUT2D eigenvalue weighted by Crippen LogP contribution is 2.31. The van der Waals surface area contributed by atoms with Crippen LogP contribution in [0.5, 0.6) is 17.4 Å². The molecule has 7 nitrogen and oxygen atoms in total. The van der Waals surface area contributed by atoms with Gasteiger partial charge in [-0.15, -0.1) is 0 Å². The molecule has 0 aliphatic carbocycles. The average molecular weight is 473 g/mol. The molecular weight excluding hydrogens is 444 g/mol. The topological polar surface area (TPSA) is 104 Å². The van der Waals surface area contributed by atoms with Crippen molar-refractivity contribution in [1.29, 1.82) is 0 Å². The van der Waals surface area contributed by atoms with E-state index in [1.54, 1.807) is 24.4 Å². The number of pyridine rings is 1. The monoisotopic (exact) mass is 472 g/mol. The predicted octanol–water partition coefficient (Wildman–Crippen LogP) is 5.87. The SMILES string of the molecule is CC.COC(=O)c1cc(OCc2cc(N)cc(-c3cnc(OC(C)C)c(Cl)c3)c2)ccc1O. The summed E-state index contributed by atoms with van der Waals surface area (Å²) in [5.41, 5.74) is 9.07. The first-order valence-electron chi connectivity index (χ1n) is 10.5. The van der Waals surface area contributed by atoms with Crippen molar-refractivity contribution >= 4 is 23.3 Å². The molecule has 8 heteroatoms. The minimum Gasteiger partial charge on any atom is -0.507 e. The second-order valence-corrected chi connectivity index (χ2v) is 7.51. The predicted molar refractivity (Wildman–Crippen MR) is 130 cm³/mol. The lowest BCUT2D eigenvalue weighted by atomic mass is 10.0. The van der Waals surface area contributed by atoms with Gasteiger partial charge in [-0.1, -0.05) is 25.4 Å². The smallest absolute Gasteiger partial charge is 0.341 e. The van der Waals surface area contributed by atoms with Crippen LogP contribution in [0.1, 0.15) is 43.6 Å². The normalized spacial score (nSPS) is 10.3. The van der Waals surface area contributed by atoms with Gasteiger partial charge in [-0.05, 0) is 67.4 Å². The van der Waals surface area contributed by atoms with Gasteiger partial charge in [0, 0.05) is 17.4 Å². The van der Waals surface area contributed by atoms with Crippen molar-refractivity contribution in [2.24, 2.45) is 0 Å². The lowest BCUT2D eigenvalue weighted by Gasteiger charge is -2.13. The number of nitrogens with zero attached hydrogens (tertiary/aromatic N) is 1. The third kappa shape index (κ3) is 7.02. The van der Waals surface area contributed by atoms with Crippen molar-refractivity contribution in [2.75, 3.05) is 12.8 Å². The van der Waals surface area contributed by atoms with E-state index in [9.17, 15) is 9.90 Å². The largest absolute Gasteiger partial charge is 0.507 e. The zero-order chi connectivity index (χ0) is 24.5. The Labute approximate surface area is 199 Å². The molecule has 0 aliphatic rings. The number of ether oxygens (including phenoxy) is 3. The summed E-state index contributed by atoms with van der Waals surface area (Å²) in [5, 5.41) is 10.2. The number of halogens is 1. The summed E-state index contributed by atoms with van der Waals surface area (Å²) in [6.07, 6.45) is 1.64.